The Labute approximate surface area is 84.6 Å². The Kier molecular flexibility index (Phi) is 6.80. The van der Waals surface area contributed by atoms with Crippen molar-refractivity contribution in [1.29, 1.82) is 0 Å². The second-order valence-corrected chi connectivity index (χ2v) is 2.91. The van der Waals surface area contributed by atoms with E-state index < -0.39 is 0 Å². The van der Waals surface area contributed by atoms with Crippen LogP contribution in [0.1, 0.15) is 40.0 Å². The third-order valence-corrected chi connectivity index (χ3v) is 1.76. The number of ether oxygens (including phenoxy) is 2. The number of hydrogen-bond acceptors (Lipinski definition) is 4. The number of carbonyl (C=O) groups excluding carboxylic acids is 2. The molecule has 0 aliphatic rings. The van der Waals surface area contributed by atoms with Crippen molar-refractivity contribution in [3.63, 3.8) is 0 Å². The number of carbonyl (C=O) groups is 2. The first kappa shape index (κ1) is 12.9. The van der Waals surface area contributed by atoms with Gasteiger partial charge in [-0.1, -0.05) is 20.8 Å². The van der Waals surface area contributed by atoms with Crippen molar-refractivity contribution < 1.29 is 19.1 Å². The maximum Gasteiger partial charge on any atom is 0.305 e. The van der Waals surface area contributed by atoms with E-state index in [2.05, 4.69) is 0 Å². The zero-order valence-electron chi connectivity index (χ0n) is 9.04. The normalized spacial score (nSPS) is 11.9. The van der Waals surface area contributed by atoms with E-state index in [4.69, 9.17) is 9.47 Å². The van der Waals surface area contributed by atoms with E-state index >= 15 is 0 Å². The predicted molar refractivity (Wildman–Crippen MR) is 51.7 cm³/mol. The quantitative estimate of drug-likeness (QED) is 0.615. The summed E-state index contributed by atoms with van der Waals surface area (Å²) in [5.41, 5.74) is 0. The molecule has 0 heterocycles. The summed E-state index contributed by atoms with van der Waals surface area (Å²) in [6.45, 7) is 5.50. The van der Waals surface area contributed by atoms with Crippen LogP contribution >= 0.6 is 0 Å². The van der Waals surface area contributed by atoms with Gasteiger partial charge in [0.1, 0.15) is 12.7 Å². The Balaban J connectivity index is 3.79. The lowest BCUT2D eigenvalue weighted by Crippen LogP contribution is -2.24. The van der Waals surface area contributed by atoms with Gasteiger partial charge in [0.2, 0.25) is 0 Å². The molecule has 0 spiro atoms. The molecule has 1 unspecified atom stereocenters. The first-order chi connectivity index (χ1) is 6.63. The Morgan fingerprint density at radius 1 is 1.07 bits per heavy atom. The molecule has 0 N–H and O–H groups in total. The van der Waals surface area contributed by atoms with E-state index in [0.29, 0.717) is 19.3 Å². The molecular formula is C10H18O4. The summed E-state index contributed by atoms with van der Waals surface area (Å²) in [5, 5.41) is 0. The molecule has 0 radical (unpaired) electrons. The monoisotopic (exact) mass is 202 g/mol. The van der Waals surface area contributed by atoms with Gasteiger partial charge in [0, 0.05) is 12.8 Å². The highest BCUT2D eigenvalue weighted by Gasteiger charge is 2.12. The Bertz CT molecular complexity index is 189. The third kappa shape index (κ3) is 5.56. The molecule has 0 aliphatic heterocycles. The van der Waals surface area contributed by atoms with Crippen LogP contribution in [-0.4, -0.2) is 24.6 Å². The molecule has 0 amide bonds. The molecule has 4 nitrogen and oxygen atoms in total. The highest BCUT2D eigenvalue weighted by atomic mass is 16.6. The van der Waals surface area contributed by atoms with E-state index in [1.165, 1.54) is 0 Å². The van der Waals surface area contributed by atoms with Crippen molar-refractivity contribution in [2.45, 2.75) is 46.1 Å². The average molecular weight is 202 g/mol. The van der Waals surface area contributed by atoms with Crippen LogP contribution in [0.3, 0.4) is 0 Å². The van der Waals surface area contributed by atoms with Crippen molar-refractivity contribution in [3.8, 4) is 0 Å². The standard InChI is InChI=1S/C10H18O4/c1-4-8(14-10(12)6-3)7-13-9(11)5-2/h8H,4-7H2,1-3H3. The molecular weight excluding hydrogens is 184 g/mol. The Hall–Kier alpha value is -1.06. The fourth-order valence-electron chi connectivity index (χ4n) is 0.792. The second-order valence-electron chi connectivity index (χ2n) is 2.91. The van der Waals surface area contributed by atoms with Crippen molar-refractivity contribution >= 4 is 11.9 Å². The Morgan fingerprint density at radius 2 is 1.64 bits per heavy atom. The molecule has 0 saturated carbocycles. The van der Waals surface area contributed by atoms with Crippen LogP contribution in [0.5, 0.6) is 0 Å². The van der Waals surface area contributed by atoms with Crippen LogP contribution in [0, 0.1) is 0 Å². The average Bonchev–Trinajstić information content (AvgIpc) is 2.22. The minimum atomic E-state index is -0.307. The van der Waals surface area contributed by atoms with Gasteiger partial charge in [-0.3, -0.25) is 9.59 Å². The van der Waals surface area contributed by atoms with Gasteiger partial charge in [-0.05, 0) is 6.42 Å². The van der Waals surface area contributed by atoms with Crippen LogP contribution < -0.4 is 0 Å². The molecule has 14 heavy (non-hydrogen) atoms. The van der Waals surface area contributed by atoms with Crippen LogP contribution in [0.25, 0.3) is 0 Å². The van der Waals surface area contributed by atoms with E-state index in [-0.39, 0.29) is 24.6 Å². The van der Waals surface area contributed by atoms with E-state index in [9.17, 15) is 9.59 Å². The van der Waals surface area contributed by atoms with Crippen molar-refractivity contribution in [2.75, 3.05) is 6.61 Å². The summed E-state index contributed by atoms with van der Waals surface area (Å²) in [6.07, 6.45) is 1.04. The van der Waals surface area contributed by atoms with Gasteiger partial charge in [0.15, 0.2) is 0 Å². The van der Waals surface area contributed by atoms with Crippen molar-refractivity contribution in [3.05, 3.63) is 0 Å². The fourth-order valence-corrected chi connectivity index (χ4v) is 0.792. The topological polar surface area (TPSA) is 52.6 Å². The molecule has 0 bridgehead atoms. The van der Waals surface area contributed by atoms with Crippen LogP contribution in [-0.2, 0) is 19.1 Å². The molecule has 0 aromatic rings. The van der Waals surface area contributed by atoms with Gasteiger partial charge in [-0.15, -0.1) is 0 Å². The largest absolute Gasteiger partial charge is 0.462 e. The summed E-state index contributed by atoms with van der Waals surface area (Å²) in [4.78, 5) is 21.8. The maximum atomic E-state index is 10.9. The van der Waals surface area contributed by atoms with Gasteiger partial charge in [-0.25, -0.2) is 0 Å². The summed E-state index contributed by atoms with van der Waals surface area (Å²) in [5.74, 6) is -0.527. The SMILES string of the molecule is CCC(=O)OCC(CC)OC(=O)CC. The van der Waals surface area contributed by atoms with Gasteiger partial charge < -0.3 is 9.47 Å². The zero-order chi connectivity index (χ0) is 11.0. The zero-order valence-corrected chi connectivity index (χ0v) is 9.04. The molecule has 0 fully saturated rings. The highest BCUT2D eigenvalue weighted by Crippen LogP contribution is 2.01. The molecule has 0 rings (SSSR count). The van der Waals surface area contributed by atoms with Crippen molar-refractivity contribution in [1.82, 2.24) is 0 Å². The summed E-state index contributed by atoms with van der Waals surface area (Å²) in [7, 11) is 0. The smallest absolute Gasteiger partial charge is 0.305 e. The number of rotatable bonds is 6. The molecule has 1 atom stereocenters. The molecule has 0 saturated heterocycles. The van der Waals surface area contributed by atoms with Crippen LogP contribution in [0.15, 0.2) is 0 Å². The Morgan fingerprint density at radius 3 is 2.07 bits per heavy atom. The predicted octanol–water partition coefficient (Wildman–Crippen LogP) is 1.67. The van der Waals surface area contributed by atoms with Gasteiger partial charge in [0.05, 0.1) is 0 Å². The molecule has 0 aromatic heterocycles. The molecule has 0 aromatic carbocycles. The summed E-state index contributed by atoms with van der Waals surface area (Å²) >= 11 is 0. The summed E-state index contributed by atoms with van der Waals surface area (Å²) < 4.78 is 9.90. The number of hydrogen-bond donors (Lipinski definition) is 0. The third-order valence-electron chi connectivity index (χ3n) is 1.76. The second kappa shape index (κ2) is 7.35. The van der Waals surface area contributed by atoms with Crippen LogP contribution in [0.2, 0.25) is 0 Å². The van der Waals surface area contributed by atoms with Gasteiger partial charge >= 0.3 is 11.9 Å². The molecule has 82 valence electrons. The first-order valence-corrected chi connectivity index (χ1v) is 4.99. The van der Waals surface area contributed by atoms with Crippen LogP contribution in [0.4, 0.5) is 0 Å². The lowest BCUT2D eigenvalue weighted by Gasteiger charge is -2.15. The minimum absolute atomic E-state index is 0.162. The maximum absolute atomic E-state index is 10.9. The van der Waals surface area contributed by atoms with Gasteiger partial charge in [-0.2, -0.15) is 0 Å². The lowest BCUT2D eigenvalue weighted by atomic mass is 10.3. The summed E-state index contributed by atoms with van der Waals surface area (Å²) in [6, 6.07) is 0. The highest BCUT2D eigenvalue weighted by molar-refractivity contribution is 5.69. The minimum Gasteiger partial charge on any atom is -0.462 e. The van der Waals surface area contributed by atoms with E-state index in [1.54, 1.807) is 13.8 Å². The van der Waals surface area contributed by atoms with E-state index in [0.717, 1.165) is 0 Å². The number of esters is 2. The fraction of sp³-hybridized carbons (Fsp3) is 0.800. The lowest BCUT2D eigenvalue weighted by molar-refractivity contribution is -0.158. The molecule has 4 heteroatoms. The van der Waals surface area contributed by atoms with E-state index in [1.807, 2.05) is 6.92 Å². The first-order valence-electron chi connectivity index (χ1n) is 4.99. The van der Waals surface area contributed by atoms with Gasteiger partial charge in [0.25, 0.3) is 0 Å². The molecule has 0 aliphatic carbocycles. The van der Waals surface area contributed by atoms with Crippen molar-refractivity contribution in [2.24, 2.45) is 0 Å².